The van der Waals surface area contributed by atoms with Gasteiger partial charge in [-0.1, -0.05) is 24.3 Å². The van der Waals surface area contributed by atoms with Crippen LogP contribution in [0.3, 0.4) is 0 Å². The highest BCUT2D eigenvalue weighted by molar-refractivity contribution is 5.41. The van der Waals surface area contributed by atoms with E-state index in [9.17, 15) is 0 Å². The first kappa shape index (κ1) is 12.9. The van der Waals surface area contributed by atoms with Crippen molar-refractivity contribution in [3.8, 4) is 0 Å². The third-order valence-corrected chi connectivity index (χ3v) is 3.58. The molecule has 0 radical (unpaired) electrons. The second-order valence-corrected chi connectivity index (χ2v) is 4.96. The summed E-state index contributed by atoms with van der Waals surface area (Å²) in [4.78, 5) is 10.2. The van der Waals surface area contributed by atoms with Gasteiger partial charge in [-0.3, -0.25) is 0 Å². The van der Waals surface area contributed by atoms with Gasteiger partial charge in [0.25, 0.3) is 0 Å². The number of hydrogen-bond acceptors (Lipinski definition) is 5. The molecule has 0 saturated carbocycles. The highest BCUT2D eigenvalue weighted by atomic mass is 16.5. The van der Waals surface area contributed by atoms with Gasteiger partial charge < -0.3 is 15.4 Å². The van der Waals surface area contributed by atoms with Crippen molar-refractivity contribution in [3.63, 3.8) is 0 Å². The van der Waals surface area contributed by atoms with E-state index in [0.717, 1.165) is 25.4 Å². The molecule has 1 aromatic carbocycles. The molecule has 1 aromatic heterocycles. The van der Waals surface area contributed by atoms with Crippen molar-refractivity contribution in [2.45, 2.75) is 12.5 Å². The van der Waals surface area contributed by atoms with Gasteiger partial charge in [-0.15, -0.1) is 0 Å². The third-order valence-electron chi connectivity index (χ3n) is 3.58. The van der Waals surface area contributed by atoms with E-state index >= 15 is 0 Å². The molecule has 5 nitrogen and oxygen atoms in total. The lowest BCUT2D eigenvalue weighted by Crippen LogP contribution is -2.29. The summed E-state index contributed by atoms with van der Waals surface area (Å²) >= 11 is 0. The van der Waals surface area contributed by atoms with Gasteiger partial charge in [0, 0.05) is 19.8 Å². The molecule has 3 rings (SSSR count). The van der Waals surface area contributed by atoms with Gasteiger partial charge >= 0.3 is 0 Å². The van der Waals surface area contributed by atoms with Crippen LogP contribution in [0.5, 0.6) is 0 Å². The van der Waals surface area contributed by atoms with Gasteiger partial charge in [0.1, 0.15) is 11.9 Å². The third kappa shape index (κ3) is 2.58. The average Bonchev–Trinajstić information content (AvgIpc) is 2.47. The normalized spacial score (nSPS) is 17.6. The Morgan fingerprint density at radius 3 is 3.05 bits per heavy atom. The molecule has 5 heteroatoms. The molecule has 0 fully saturated rings. The molecule has 0 amide bonds. The Balaban J connectivity index is 1.79. The summed E-state index contributed by atoms with van der Waals surface area (Å²) in [6.45, 7) is 1.51. The Morgan fingerprint density at radius 1 is 1.35 bits per heavy atom. The van der Waals surface area contributed by atoms with Crippen LogP contribution in [-0.4, -0.2) is 30.2 Å². The van der Waals surface area contributed by atoms with Crippen LogP contribution < -0.4 is 10.6 Å². The smallest absolute Gasteiger partial charge is 0.221 e. The molecule has 0 bridgehead atoms. The Labute approximate surface area is 118 Å². The summed E-state index contributed by atoms with van der Waals surface area (Å²) in [6.07, 6.45) is 2.72. The van der Waals surface area contributed by atoms with E-state index < -0.39 is 0 Å². The van der Waals surface area contributed by atoms with E-state index in [2.05, 4.69) is 34.2 Å². The number of aromatic nitrogens is 2. The molecule has 2 N–H and O–H groups in total. The molecule has 1 aliphatic rings. The Morgan fingerprint density at radius 2 is 2.20 bits per heavy atom. The Kier molecular flexibility index (Phi) is 3.52. The van der Waals surface area contributed by atoms with Crippen LogP contribution in [0.15, 0.2) is 36.5 Å². The number of likely N-dealkylation sites (N-methyl/N-ethyl adjacent to an activating group) is 1. The topological polar surface area (TPSA) is 64.3 Å². The summed E-state index contributed by atoms with van der Waals surface area (Å²) in [5.74, 6) is 1.10. The Bertz CT molecular complexity index is 602. The van der Waals surface area contributed by atoms with Crippen molar-refractivity contribution in [1.82, 2.24) is 9.97 Å². The van der Waals surface area contributed by atoms with Gasteiger partial charge in [-0.05, 0) is 23.6 Å². The minimum atomic E-state index is 0.0705. The second-order valence-electron chi connectivity index (χ2n) is 4.96. The van der Waals surface area contributed by atoms with Crippen LogP contribution in [0.1, 0.15) is 17.2 Å². The van der Waals surface area contributed by atoms with Gasteiger partial charge in [-0.25, -0.2) is 4.98 Å². The van der Waals surface area contributed by atoms with Gasteiger partial charge in [-0.2, -0.15) is 4.98 Å². The zero-order valence-electron chi connectivity index (χ0n) is 11.5. The van der Waals surface area contributed by atoms with Crippen molar-refractivity contribution >= 4 is 11.8 Å². The van der Waals surface area contributed by atoms with Crippen LogP contribution in [0.4, 0.5) is 11.8 Å². The molecular weight excluding hydrogens is 252 g/mol. The molecule has 0 aliphatic carbocycles. The molecule has 0 spiro atoms. The molecule has 1 aliphatic heterocycles. The number of nitrogens with two attached hydrogens (primary N) is 1. The van der Waals surface area contributed by atoms with Gasteiger partial charge in [0.05, 0.1) is 6.61 Å². The number of fused-ring (bicyclic) bond motifs is 1. The number of anilines is 2. The molecule has 2 aromatic rings. The molecule has 1 unspecified atom stereocenters. The highest BCUT2D eigenvalue weighted by Crippen LogP contribution is 2.28. The fourth-order valence-electron chi connectivity index (χ4n) is 2.55. The van der Waals surface area contributed by atoms with Crippen molar-refractivity contribution < 1.29 is 4.74 Å². The maximum absolute atomic E-state index is 5.91. The first-order valence-corrected chi connectivity index (χ1v) is 6.73. The molecule has 20 heavy (non-hydrogen) atoms. The van der Waals surface area contributed by atoms with E-state index in [-0.39, 0.29) is 6.10 Å². The number of ether oxygens (including phenoxy) is 1. The fraction of sp³-hybridized carbons (Fsp3) is 0.333. The lowest BCUT2D eigenvalue weighted by Gasteiger charge is -2.30. The van der Waals surface area contributed by atoms with Crippen molar-refractivity contribution in [1.29, 1.82) is 0 Å². The Hall–Kier alpha value is -2.14. The van der Waals surface area contributed by atoms with Crippen LogP contribution in [0.25, 0.3) is 0 Å². The highest BCUT2D eigenvalue weighted by Gasteiger charge is 2.22. The van der Waals surface area contributed by atoms with Crippen molar-refractivity contribution in [2.24, 2.45) is 0 Å². The van der Waals surface area contributed by atoms with Crippen LogP contribution >= 0.6 is 0 Å². The zero-order chi connectivity index (χ0) is 13.9. The summed E-state index contributed by atoms with van der Waals surface area (Å²) in [5, 5.41) is 0. The summed E-state index contributed by atoms with van der Waals surface area (Å²) < 4.78 is 5.91. The van der Waals surface area contributed by atoms with Gasteiger partial charge in [0.15, 0.2) is 0 Å². The number of rotatable bonds is 3. The van der Waals surface area contributed by atoms with Crippen LogP contribution in [-0.2, 0) is 11.2 Å². The monoisotopic (exact) mass is 270 g/mol. The standard InChI is InChI=1S/C15H18N4O/c1-19(14-6-8-17-15(16)18-14)10-13-12-5-3-2-4-11(12)7-9-20-13/h2-6,8,13H,7,9-10H2,1H3,(H2,16,17,18). The molecular formula is C15H18N4O. The quantitative estimate of drug-likeness (QED) is 0.921. The maximum atomic E-state index is 5.91. The molecule has 2 heterocycles. The van der Waals surface area contributed by atoms with Crippen molar-refractivity contribution in [2.75, 3.05) is 30.8 Å². The van der Waals surface area contributed by atoms with E-state index in [1.165, 1.54) is 11.1 Å². The van der Waals surface area contributed by atoms with E-state index in [0.29, 0.717) is 5.95 Å². The number of nitrogen functional groups attached to an aromatic ring is 1. The minimum Gasteiger partial charge on any atom is -0.371 e. The average molecular weight is 270 g/mol. The first-order chi connectivity index (χ1) is 9.74. The molecule has 1 atom stereocenters. The maximum Gasteiger partial charge on any atom is 0.221 e. The van der Waals surface area contributed by atoms with E-state index in [1.54, 1.807) is 6.20 Å². The predicted molar refractivity (Wildman–Crippen MR) is 78.6 cm³/mol. The molecule has 0 saturated heterocycles. The van der Waals surface area contributed by atoms with Gasteiger partial charge in [0.2, 0.25) is 5.95 Å². The largest absolute Gasteiger partial charge is 0.371 e. The van der Waals surface area contributed by atoms with E-state index in [1.807, 2.05) is 18.0 Å². The SMILES string of the molecule is CN(CC1OCCc2ccccc21)c1ccnc(N)n1. The number of benzene rings is 1. The second kappa shape index (κ2) is 5.46. The van der Waals surface area contributed by atoms with E-state index in [4.69, 9.17) is 10.5 Å². The summed E-state index contributed by atoms with van der Waals surface area (Å²) in [5.41, 5.74) is 8.27. The zero-order valence-corrected chi connectivity index (χ0v) is 11.5. The van der Waals surface area contributed by atoms with Crippen molar-refractivity contribution in [3.05, 3.63) is 47.7 Å². The van der Waals surface area contributed by atoms with Crippen LogP contribution in [0, 0.1) is 0 Å². The predicted octanol–water partition coefficient (Wildman–Crippen LogP) is 1.81. The minimum absolute atomic E-state index is 0.0705. The fourth-order valence-corrected chi connectivity index (χ4v) is 2.55. The first-order valence-electron chi connectivity index (χ1n) is 6.73. The number of hydrogen-bond donors (Lipinski definition) is 1. The summed E-state index contributed by atoms with van der Waals surface area (Å²) in [7, 11) is 1.99. The lowest BCUT2D eigenvalue weighted by molar-refractivity contribution is 0.0477. The lowest BCUT2D eigenvalue weighted by atomic mass is 9.97. The molecule has 104 valence electrons. The summed E-state index contributed by atoms with van der Waals surface area (Å²) in [6, 6.07) is 10.3. The van der Waals surface area contributed by atoms with Crippen LogP contribution in [0.2, 0.25) is 0 Å². The number of nitrogens with zero attached hydrogens (tertiary/aromatic N) is 3.